The molecule has 0 amide bonds. The maximum absolute atomic E-state index is 5.43. The highest BCUT2D eigenvalue weighted by Crippen LogP contribution is 2.29. The average Bonchev–Trinajstić information content (AvgIpc) is 3.09. The zero-order valence-corrected chi connectivity index (χ0v) is 15.1. The molecule has 0 saturated heterocycles. The molecule has 0 spiro atoms. The summed E-state index contributed by atoms with van der Waals surface area (Å²) in [6.45, 7) is 4.28. The minimum atomic E-state index is 0.556. The Morgan fingerprint density at radius 2 is 1.80 bits per heavy atom. The van der Waals surface area contributed by atoms with Crippen LogP contribution in [0, 0.1) is 11.7 Å². The molecule has 4 heteroatoms. The van der Waals surface area contributed by atoms with Crippen LogP contribution >= 0.6 is 12.2 Å². The number of hydrogen-bond donors (Lipinski definition) is 1. The number of aromatic nitrogens is 3. The van der Waals surface area contributed by atoms with Crippen molar-refractivity contribution in [3.05, 3.63) is 76.8 Å². The summed E-state index contributed by atoms with van der Waals surface area (Å²) in [5.41, 5.74) is 7.93. The van der Waals surface area contributed by atoms with Crippen molar-refractivity contribution in [1.82, 2.24) is 14.4 Å². The van der Waals surface area contributed by atoms with E-state index in [1.54, 1.807) is 0 Å². The molecule has 4 aromatic rings. The van der Waals surface area contributed by atoms with E-state index in [1.807, 2.05) is 28.9 Å². The van der Waals surface area contributed by atoms with Gasteiger partial charge in [-0.25, -0.2) is 4.98 Å². The number of hydrogen-bond acceptors (Lipinski definition) is 2. The SMILES string of the molecule is CCc1ccc(-c2cn3c(=S)ncc(-c4ccccc4C)c3[nH]2)cc1. The summed E-state index contributed by atoms with van der Waals surface area (Å²) in [6.07, 6.45) is 4.94. The third kappa shape index (κ3) is 2.79. The van der Waals surface area contributed by atoms with Crippen molar-refractivity contribution in [1.29, 1.82) is 0 Å². The molecule has 0 atom stereocenters. The van der Waals surface area contributed by atoms with E-state index in [4.69, 9.17) is 12.2 Å². The lowest BCUT2D eigenvalue weighted by Crippen LogP contribution is -1.93. The molecule has 0 unspecified atom stereocenters. The molecular formula is C21H19N3S. The number of nitrogens with one attached hydrogen (secondary N) is 1. The third-order valence-electron chi connectivity index (χ3n) is 4.63. The van der Waals surface area contributed by atoms with Crippen molar-refractivity contribution in [3.8, 4) is 22.4 Å². The molecule has 0 aliphatic heterocycles. The zero-order valence-electron chi connectivity index (χ0n) is 14.3. The van der Waals surface area contributed by atoms with E-state index in [2.05, 4.69) is 60.2 Å². The molecule has 0 aliphatic rings. The van der Waals surface area contributed by atoms with Gasteiger partial charge in [-0.2, -0.15) is 0 Å². The predicted molar refractivity (Wildman–Crippen MR) is 105 cm³/mol. The number of H-pyrrole nitrogens is 1. The standard InChI is InChI=1S/C21H19N3S/c1-3-15-8-10-16(11-9-15)19-13-24-20(23-19)18(12-22-21(24)25)17-7-5-4-6-14(17)2/h4-13,23H,3H2,1-2H3. The molecular weight excluding hydrogens is 326 g/mol. The molecule has 0 radical (unpaired) electrons. The van der Waals surface area contributed by atoms with E-state index < -0.39 is 0 Å². The Hall–Kier alpha value is -2.72. The largest absolute Gasteiger partial charge is 0.339 e. The normalized spacial score (nSPS) is 11.1. The molecule has 2 heterocycles. The first-order valence-electron chi connectivity index (χ1n) is 8.43. The molecule has 0 aliphatic carbocycles. The zero-order chi connectivity index (χ0) is 17.4. The minimum absolute atomic E-state index is 0.556. The smallest absolute Gasteiger partial charge is 0.205 e. The molecule has 1 N–H and O–H groups in total. The van der Waals surface area contributed by atoms with Gasteiger partial charge in [0.2, 0.25) is 4.77 Å². The fourth-order valence-electron chi connectivity index (χ4n) is 3.14. The van der Waals surface area contributed by atoms with Gasteiger partial charge >= 0.3 is 0 Å². The summed E-state index contributed by atoms with van der Waals surface area (Å²) >= 11 is 5.43. The molecule has 0 saturated carbocycles. The third-order valence-corrected chi connectivity index (χ3v) is 4.93. The highest BCUT2D eigenvalue weighted by molar-refractivity contribution is 7.71. The second-order valence-corrected chi connectivity index (χ2v) is 6.57. The van der Waals surface area contributed by atoms with Crippen LogP contribution in [0.4, 0.5) is 0 Å². The summed E-state index contributed by atoms with van der Waals surface area (Å²) in [4.78, 5) is 7.96. The van der Waals surface area contributed by atoms with Gasteiger partial charge in [-0.3, -0.25) is 4.40 Å². The molecule has 124 valence electrons. The van der Waals surface area contributed by atoms with Gasteiger partial charge in [-0.05, 0) is 47.8 Å². The first-order chi connectivity index (χ1) is 12.2. The Balaban J connectivity index is 1.93. The van der Waals surface area contributed by atoms with E-state index in [1.165, 1.54) is 11.1 Å². The van der Waals surface area contributed by atoms with E-state index in [-0.39, 0.29) is 0 Å². The van der Waals surface area contributed by atoms with Gasteiger partial charge in [-0.15, -0.1) is 0 Å². The summed E-state index contributed by atoms with van der Waals surface area (Å²) in [7, 11) is 0. The Morgan fingerprint density at radius 1 is 1.04 bits per heavy atom. The van der Waals surface area contributed by atoms with Crippen molar-refractivity contribution < 1.29 is 0 Å². The van der Waals surface area contributed by atoms with E-state index in [0.29, 0.717) is 4.77 Å². The number of aromatic amines is 1. The number of nitrogens with zero attached hydrogens (tertiary/aromatic N) is 2. The topological polar surface area (TPSA) is 33.1 Å². The van der Waals surface area contributed by atoms with Crippen LogP contribution in [-0.2, 0) is 6.42 Å². The second-order valence-electron chi connectivity index (χ2n) is 6.21. The Labute approximate surface area is 152 Å². The number of imidazole rings is 1. The van der Waals surface area contributed by atoms with Crippen LogP contribution in [0.3, 0.4) is 0 Å². The maximum Gasteiger partial charge on any atom is 0.205 e. The van der Waals surface area contributed by atoms with Gasteiger partial charge in [0.15, 0.2) is 0 Å². The van der Waals surface area contributed by atoms with Gasteiger partial charge in [0.05, 0.1) is 5.69 Å². The molecule has 3 nitrogen and oxygen atoms in total. The van der Waals surface area contributed by atoms with Crippen LogP contribution in [0.15, 0.2) is 60.9 Å². The van der Waals surface area contributed by atoms with E-state index in [9.17, 15) is 0 Å². The fraction of sp³-hybridized carbons (Fsp3) is 0.143. The van der Waals surface area contributed by atoms with Crippen molar-refractivity contribution >= 4 is 17.9 Å². The number of rotatable bonds is 3. The van der Waals surface area contributed by atoms with Crippen molar-refractivity contribution in [2.24, 2.45) is 0 Å². The Kier molecular flexibility index (Phi) is 3.98. The predicted octanol–water partition coefficient (Wildman–Crippen LogP) is 5.60. The molecule has 0 bridgehead atoms. The Morgan fingerprint density at radius 3 is 2.52 bits per heavy atom. The van der Waals surface area contributed by atoms with Crippen LogP contribution in [0.5, 0.6) is 0 Å². The van der Waals surface area contributed by atoms with Gasteiger partial charge in [0.25, 0.3) is 0 Å². The Bertz CT molecular complexity index is 1100. The highest BCUT2D eigenvalue weighted by Gasteiger charge is 2.11. The van der Waals surface area contributed by atoms with Gasteiger partial charge in [0, 0.05) is 18.0 Å². The van der Waals surface area contributed by atoms with Crippen LogP contribution in [0.25, 0.3) is 28.0 Å². The van der Waals surface area contributed by atoms with Gasteiger partial charge < -0.3 is 4.98 Å². The monoisotopic (exact) mass is 345 g/mol. The van der Waals surface area contributed by atoms with Crippen molar-refractivity contribution in [2.45, 2.75) is 20.3 Å². The van der Waals surface area contributed by atoms with Crippen molar-refractivity contribution in [3.63, 3.8) is 0 Å². The fourth-order valence-corrected chi connectivity index (χ4v) is 3.34. The summed E-state index contributed by atoms with van der Waals surface area (Å²) in [5.74, 6) is 0. The maximum atomic E-state index is 5.43. The van der Waals surface area contributed by atoms with E-state index in [0.717, 1.165) is 34.5 Å². The lowest BCUT2D eigenvalue weighted by Gasteiger charge is -2.07. The molecule has 0 fully saturated rings. The molecule has 4 rings (SSSR count). The first kappa shape index (κ1) is 15.8. The average molecular weight is 345 g/mol. The number of fused-ring (bicyclic) bond motifs is 1. The first-order valence-corrected chi connectivity index (χ1v) is 8.84. The molecule has 25 heavy (non-hydrogen) atoms. The summed E-state index contributed by atoms with van der Waals surface area (Å²) in [6, 6.07) is 17.0. The molecule has 2 aromatic heterocycles. The van der Waals surface area contributed by atoms with Crippen LogP contribution in [-0.4, -0.2) is 14.4 Å². The quantitative estimate of drug-likeness (QED) is 0.491. The number of benzene rings is 2. The summed E-state index contributed by atoms with van der Waals surface area (Å²) < 4.78 is 2.51. The second kappa shape index (κ2) is 6.30. The van der Waals surface area contributed by atoms with Crippen LogP contribution in [0.1, 0.15) is 18.1 Å². The summed E-state index contributed by atoms with van der Waals surface area (Å²) in [5, 5.41) is 0. The lowest BCUT2D eigenvalue weighted by atomic mass is 10.0. The van der Waals surface area contributed by atoms with Crippen molar-refractivity contribution in [2.75, 3.05) is 0 Å². The highest BCUT2D eigenvalue weighted by atomic mass is 32.1. The van der Waals surface area contributed by atoms with Crippen LogP contribution < -0.4 is 0 Å². The van der Waals surface area contributed by atoms with Crippen LogP contribution in [0.2, 0.25) is 0 Å². The number of aryl methyl sites for hydroxylation is 2. The lowest BCUT2D eigenvalue weighted by molar-refractivity contribution is 1.06. The minimum Gasteiger partial charge on any atom is -0.339 e. The van der Waals surface area contributed by atoms with Gasteiger partial charge in [0.1, 0.15) is 5.65 Å². The van der Waals surface area contributed by atoms with E-state index >= 15 is 0 Å². The molecule has 2 aromatic carbocycles. The van der Waals surface area contributed by atoms with Gasteiger partial charge in [-0.1, -0.05) is 55.5 Å².